The van der Waals surface area contributed by atoms with Crippen LogP contribution in [0.4, 0.5) is 11.6 Å². The van der Waals surface area contributed by atoms with Crippen molar-refractivity contribution >= 4 is 29.1 Å². The van der Waals surface area contributed by atoms with E-state index in [0.29, 0.717) is 17.4 Å². The lowest BCUT2D eigenvalue weighted by Crippen LogP contribution is -2.07. The molecule has 104 valence electrons. The third-order valence-corrected chi connectivity index (χ3v) is 2.60. The zero-order valence-corrected chi connectivity index (χ0v) is 11.7. The Morgan fingerprint density at radius 3 is 2.80 bits per heavy atom. The first-order valence-corrected chi connectivity index (χ1v) is 6.22. The molecule has 0 bridgehead atoms. The second-order valence-electron chi connectivity index (χ2n) is 3.88. The number of nitrogens with one attached hydrogen (secondary N) is 2. The predicted octanol–water partition coefficient (Wildman–Crippen LogP) is 2.92. The minimum absolute atomic E-state index is 0.189. The standard InChI is InChI=1S/C13H13ClN4O2/c1-8(19)17-10-5-3-4-6-11(10)20-12-9(14)7-16-13(15-2)18-12/h3-7H,1-2H3,(H,17,19)(H,15,16,18). The molecule has 1 amide bonds. The van der Waals surface area contributed by atoms with Gasteiger partial charge in [-0.3, -0.25) is 4.79 Å². The average molecular weight is 293 g/mol. The predicted molar refractivity (Wildman–Crippen MR) is 77.4 cm³/mol. The van der Waals surface area contributed by atoms with E-state index in [4.69, 9.17) is 16.3 Å². The molecular weight excluding hydrogens is 280 g/mol. The third-order valence-electron chi connectivity index (χ3n) is 2.34. The van der Waals surface area contributed by atoms with Gasteiger partial charge in [-0.05, 0) is 12.1 Å². The van der Waals surface area contributed by atoms with Crippen molar-refractivity contribution in [3.63, 3.8) is 0 Å². The highest BCUT2D eigenvalue weighted by Gasteiger charge is 2.11. The molecule has 1 aromatic heterocycles. The molecule has 7 heteroatoms. The Bertz CT molecular complexity index is 634. The van der Waals surface area contributed by atoms with Gasteiger partial charge in [0.15, 0.2) is 5.75 Å². The minimum Gasteiger partial charge on any atom is -0.435 e. The van der Waals surface area contributed by atoms with Crippen LogP contribution < -0.4 is 15.4 Å². The maximum atomic E-state index is 11.2. The van der Waals surface area contributed by atoms with Crippen molar-refractivity contribution in [1.29, 1.82) is 0 Å². The van der Waals surface area contributed by atoms with E-state index < -0.39 is 0 Å². The summed E-state index contributed by atoms with van der Waals surface area (Å²) in [5, 5.41) is 5.75. The molecule has 6 nitrogen and oxygen atoms in total. The van der Waals surface area contributed by atoms with Crippen LogP contribution in [0, 0.1) is 0 Å². The lowest BCUT2D eigenvalue weighted by atomic mass is 10.3. The largest absolute Gasteiger partial charge is 0.435 e. The van der Waals surface area contributed by atoms with Crippen LogP contribution >= 0.6 is 11.6 Å². The monoisotopic (exact) mass is 292 g/mol. The summed E-state index contributed by atoms with van der Waals surface area (Å²) in [4.78, 5) is 19.2. The number of anilines is 2. The van der Waals surface area contributed by atoms with Crippen molar-refractivity contribution in [2.75, 3.05) is 17.7 Å². The van der Waals surface area contributed by atoms with Crippen LogP contribution in [0.2, 0.25) is 5.02 Å². The van der Waals surface area contributed by atoms with Gasteiger partial charge in [-0.25, -0.2) is 4.98 Å². The lowest BCUT2D eigenvalue weighted by Gasteiger charge is -2.11. The van der Waals surface area contributed by atoms with E-state index in [1.807, 2.05) is 0 Å². The summed E-state index contributed by atoms with van der Waals surface area (Å²) in [5.41, 5.74) is 0.542. The van der Waals surface area contributed by atoms with Crippen molar-refractivity contribution in [1.82, 2.24) is 9.97 Å². The molecule has 0 unspecified atom stereocenters. The summed E-state index contributed by atoms with van der Waals surface area (Å²) in [5.74, 6) is 0.862. The summed E-state index contributed by atoms with van der Waals surface area (Å²) in [6.45, 7) is 1.42. The molecule has 2 aromatic rings. The number of amides is 1. The summed E-state index contributed by atoms with van der Waals surface area (Å²) in [6.07, 6.45) is 1.44. The first-order valence-electron chi connectivity index (χ1n) is 5.85. The third kappa shape index (κ3) is 3.36. The molecule has 20 heavy (non-hydrogen) atoms. The zero-order valence-electron chi connectivity index (χ0n) is 11.0. The Balaban J connectivity index is 2.32. The molecule has 0 aliphatic rings. The number of carbonyl (C=O) groups excluding carboxylic acids is 1. The number of carbonyl (C=O) groups is 1. The second kappa shape index (κ2) is 6.21. The molecule has 0 aliphatic carbocycles. The lowest BCUT2D eigenvalue weighted by molar-refractivity contribution is -0.114. The first kappa shape index (κ1) is 14.1. The van der Waals surface area contributed by atoms with Crippen molar-refractivity contribution < 1.29 is 9.53 Å². The minimum atomic E-state index is -0.189. The van der Waals surface area contributed by atoms with E-state index in [-0.39, 0.29) is 16.8 Å². The van der Waals surface area contributed by atoms with Gasteiger partial charge in [-0.15, -0.1) is 0 Å². The molecule has 0 saturated heterocycles. The molecule has 2 rings (SSSR count). The summed E-state index contributed by atoms with van der Waals surface area (Å²) in [7, 11) is 1.69. The van der Waals surface area contributed by atoms with Crippen LogP contribution in [0.25, 0.3) is 0 Å². The number of para-hydroxylation sites is 2. The van der Waals surface area contributed by atoms with Crippen LogP contribution in [0.15, 0.2) is 30.5 Å². The highest BCUT2D eigenvalue weighted by Crippen LogP contribution is 2.32. The van der Waals surface area contributed by atoms with Gasteiger partial charge in [0.2, 0.25) is 17.7 Å². The van der Waals surface area contributed by atoms with Crippen LogP contribution in [0.1, 0.15) is 6.92 Å². The molecule has 0 saturated carbocycles. The number of hydrogen-bond acceptors (Lipinski definition) is 5. The molecule has 1 heterocycles. The highest BCUT2D eigenvalue weighted by molar-refractivity contribution is 6.31. The van der Waals surface area contributed by atoms with Crippen LogP contribution in [-0.2, 0) is 4.79 Å². The van der Waals surface area contributed by atoms with Crippen molar-refractivity contribution in [3.05, 3.63) is 35.5 Å². The van der Waals surface area contributed by atoms with Gasteiger partial charge in [0.05, 0.1) is 11.9 Å². The van der Waals surface area contributed by atoms with Crippen LogP contribution in [0.5, 0.6) is 11.6 Å². The van der Waals surface area contributed by atoms with E-state index in [2.05, 4.69) is 20.6 Å². The fraction of sp³-hybridized carbons (Fsp3) is 0.154. The van der Waals surface area contributed by atoms with E-state index in [1.165, 1.54) is 13.1 Å². The second-order valence-corrected chi connectivity index (χ2v) is 4.28. The molecule has 0 aliphatic heterocycles. The van der Waals surface area contributed by atoms with Gasteiger partial charge >= 0.3 is 0 Å². The molecule has 0 fully saturated rings. The summed E-state index contributed by atoms with van der Waals surface area (Å²) in [6, 6.07) is 7.01. The molecule has 0 spiro atoms. The fourth-order valence-corrected chi connectivity index (χ4v) is 1.63. The Morgan fingerprint density at radius 1 is 1.35 bits per heavy atom. The van der Waals surface area contributed by atoms with Gasteiger partial charge in [0, 0.05) is 14.0 Å². The first-order chi connectivity index (χ1) is 9.60. The Hall–Kier alpha value is -2.34. The molecule has 0 atom stereocenters. The van der Waals surface area contributed by atoms with E-state index in [0.717, 1.165) is 0 Å². The van der Waals surface area contributed by atoms with Gasteiger partial charge in [-0.2, -0.15) is 4.98 Å². The number of hydrogen-bond donors (Lipinski definition) is 2. The smallest absolute Gasteiger partial charge is 0.243 e. The zero-order chi connectivity index (χ0) is 14.5. The number of halogens is 1. The summed E-state index contributed by atoms with van der Waals surface area (Å²) < 4.78 is 5.65. The number of aromatic nitrogens is 2. The average Bonchev–Trinajstić information content (AvgIpc) is 2.43. The molecule has 2 N–H and O–H groups in total. The SMILES string of the molecule is CNc1ncc(Cl)c(Oc2ccccc2NC(C)=O)n1. The summed E-state index contributed by atoms with van der Waals surface area (Å²) >= 11 is 6.00. The number of benzene rings is 1. The topological polar surface area (TPSA) is 76.1 Å². The van der Waals surface area contributed by atoms with Gasteiger partial charge in [-0.1, -0.05) is 23.7 Å². The number of ether oxygens (including phenoxy) is 1. The van der Waals surface area contributed by atoms with Crippen LogP contribution in [0.3, 0.4) is 0 Å². The Labute approximate surface area is 121 Å². The Morgan fingerprint density at radius 2 is 2.10 bits per heavy atom. The van der Waals surface area contributed by atoms with Gasteiger partial charge < -0.3 is 15.4 Å². The maximum Gasteiger partial charge on any atom is 0.243 e. The highest BCUT2D eigenvalue weighted by atomic mass is 35.5. The van der Waals surface area contributed by atoms with Crippen molar-refractivity contribution in [2.24, 2.45) is 0 Å². The van der Waals surface area contributed by atoms with E-state index in [1.54, 1.807) is 31.3 Å². The van der Waals surface area contributed by atoms with Gasteiger partial charge in [0.1, 0.15) is 5.02 Å². The molecular formula is C13H13ClN4O2. The van der Waals surface area contributed by atoms with Gasteiger partial charge in [0.25, 0.3) is 0 Å². The maximum absolute atomic E-state index is 11.2. The van der Waals surface area contributed by atoms with Crippen molar-refractivity contribution in [2.45, 2.75) is 6.92 Å². The fourth-order valence-electron chi connectivity index (χ4n) is 1.50. The number of nitrogens with zero attached hydrogens (tertiary/aromatic N) is 2. The van der Waals surface area contributed by atoms with E-state index in [9.17, 15) is 4.79 Å². The van der Waals surface area contributed by atoms with E-state index >= 15 is 0 Å². The molecule has 0 radical (unpaired) electrons. The number of rotatable bonds is 4. The molecule has 1 aromatic carbocycles. The quantitative estimate of drug-likeness (QED) is 0.906. The van der Waals surface area contributed by atoms with Crippen LogP contribution in [-0.4, -0.2) is 22.9 Å². The Kier molecular flexibility index (Phi) is 4.37. The van der Waals surface area contributed by atoms with Crippen molar-refractivity contribution in [3.8, 4) is 11.6 Å². The normalized spacial score (nSPS) is 9.95.